The Kier molecular flexibility index (Phi) is 3.37. The Morgan fingerprint density at radius 2 is 2.05 bits per heavy atom. The molecule has 2 aliphatic heterocycles. The van der Waals surface area contributed by atoms with Crippen molar-refractivity contribution in [3.63, 3.8) is 0 Å². The van der Waals surface area contributed by atoms with Gasteiger partial charge in [-0.3, -0.25) is 9.78 Å². The summed E-state index contributed by atoms with van der Waals surface area (Å²) in [4.78, 5) is 18.5. The summed E-state index contributed by atoms with van der Waals surface area (Å²) in [6, 6.07) is 9.71. The van der Waals surface area contributed by atoms with Crippen LogP contribution in [0.4, 0.5) is 5.69 Å². The summed E-state index contributed by atoms with van der Waals surface area (Å²) in [6.45, 7) is 1.04. The second kappa shape index (κ2) is 5.39. The van der Waals surface area contributed by atoms with Crippen LogP contribution in [0.5, 0.6) is 0 Å². The lowest BCUT2D eigenvalue weighted by Gasteiger charge is -2.31. The van der Waals surface area contributed by atoms with Crippen LogP contribution in [0.3, 0.4) is 0 Å². The van der Waals surface area contributed by atoms with Crippen LogP contribution in [0.1, 0.15) is 12.0 Å². The first-order chi connectivity index (χ1) is 10.8. The van der Waals surface area contributed by atoms with Crippen molar-refractivity contribution >= 4 is 23.4 Å². The molecule has 5 nitrogen and oxygen atoms in total. The Balaban J connectivity index is 1.70. The van der Waals surface area contributed by atoms with Gasteiger partial charge in [0.15, 0.2) is 0 Å². The number of fused-ring (bicyclic) bond motifs is 2. The SMILES string of the molecule is O=C1Nc2ccc(Sc3cccnc3)cc2C12OCCCO2. The third-order valence-corrected chi connectivity index (χ3v) is 4.63. The first-order valence-corrected chi connectivity index (χ1v) is 7.91. The van der Waals surface area contributed by atoms with Gasteiger partial charge in [-0.15, -0.1) is 0 Å². The second-order valence-electron chi connectivity index (χ2n) is 5.12. The first kappa shape index (κ1) is 13.8. The quantitative estimate of drug-likeness (QED) is 0.923. The first-order valence-electron chi connectivity index (χ1n) is 7.10. The minimum absolute atomic E-state index is 0.245. The molecule has 1 aromatic heterocycles. The third-order valence-electron chi connectivity index (χ3n) is 3.66. The van der Waals surface area contributed by atoms with Gasteiger partial charge in [-0.05, 0) is 36.8 Å². The smallest absolute Gasteiger partial charge is 0.289 e. The molecule has 0 bridgehead atoms. The molecular weight excluding hydrogens is 300 g/mol. The number of carbonyl (C=O) groups is 1. The van der Waals surface area contributed by atoms with E-state index in [2.05, 4.69) is 10.3 Å². The molecule has 6 heteroatoms. The molecule has 2 aliphatic rings. The number of rotatable bonds is 2. The van der Waals surface area contributed by atoms with E-state index in [-0.39, 0.29) is 5.91 Å². The third kappa shape index (κ3) is 2.20. The van der Waals surface area contributed by atoms with Crippen molar-refractivity contribution in [2.75, 3.05) is 18.5 Å². The Morgan fingerprint density at radius 1 is 1.18 bits per heavy atom. The molecule has 1 fully saturated rings. The van der Waals surface area contributed by atoms with Crippen LogP contribution in [0.2, 0.25) is 0 Å². The number of ether oxygens (including phenoxy) is 2. The fraction of sp³-hybridized carbons (Fsp3) is 0.250. The van der Waals surface area contributed by atoms with E-state index in [1.165, 1.54) is 0 Å². The Hall–Kier alpha value is -1.89. The highest BCUT2D eigenvalue weighted by atomic mass is 32.2. The van der Waals surface area contributed by atoms with E-state index >= 15 is 0 Å². The zero-order valence-corrected chi connectivity index (χ0v) is 12.6. The fourth-order valence-electron chi connectivity index (χ4n) is 2.66. The number of carbonyl (C=O) groups excluding carboxylic acids is 1. The number of amides is 1. The predicted octanol–water partition coefficient (Wildman–Crippen LogP) is 2.77. The minimum Gasteiger partial charge on any atom is -0.338 e. The van der Waals surface area contributed by atoms with Gasteiger partial charge in [-0.1, -0.05) is 11.8 Å². The predicted molar refractivity (Wildman–Crippen MR) is 81.6 cm³/mol. The van der Waals surface area contributed by atoms with Crippen molar-refractivity contribution in [2.45, 2.75) is 22.0 Å². The lowest BCUT2D eigenvalue weighted by atomic mass is 10.1. The number of aromatic nitrogens is 1. The van der Waals surface area contributed by atoms with Gasteiger partial charge in [-0.2, -0.15) is 0 Å². The van der Waals surface area contributed by atoms with E-state index in [1.54, 1.807) is 18.0 Å². The number of hydrogen-bond donors (Lipinski definition) is 1. The standard InChI is InChI=1S/C16H14N2O3S/c19-15-16(20-7-2-8-21-16)13-9-11(4-5-14(13)18-15)22-12-3-1-6-17-10-12/h1,3-6,9-10H,2,7-8H2,(H,18,19). The highest BCUT2D eigenvalue weighted by molar-refractivity contribution is 7.99. The van der Waals surface area contributed by atoms with Crippen molar-refractivity contribution in [1.29, 1.82) is 0 Å². The summed E-state index contributed by atoms with van der Waals surface area (Å²) >= 11 is 1.59. The lowest BCUT2D eigenvalue weighted by molar-refractivity contribution is -0.255. The topological polar surface area (TPSA) is 60.5 Å². The molecule has 22 heavy (non-hydrogen) atoms. The van der Waals surface area contributed by atoms with Crippen molar-refractivity contribution in [1.82, 2.24) is 4.98 Å². The maximum atomic E-state index is 12.3. The van der Waals surface area contributed by atoms with Crippen molar-refractivity contribution in [3.8, 4) is 0 Å². The summed E-state index contributed by atoms with van der Waals surface area (Å²) in [7, 11) is 0. The van der Waals surface area contributed by atoms with Gasteiger partial charge in [0.2, 0.25) is 0 Å². The van der Waals surface area contributed by atoms with Gasteiger partial charge in [-0.25, -0.2) is 0 Å². The van der Waals surface area contributed by atoms with Gasteiger partial charge in [0.25, 0.3) is 11.7 Å². The van der Waals surface area contributed by atoms with Crippen LogP contribution in [0.25, 0.3) is 0 Å². The number of anilines is 1. The average molecular weight is 314 g/mol. The van der Waals surface area contributed by atoms with Crippen molar-refractivity contribution in [3.05, 3.63) is 48.3 Å². The maximum Gasteiger partial charge on any atom is 0.289 e. The highest BCUT2D eigenvalue weighted by Crippen LogP contribution is 2.43. The molecule has 0 radical (unpaired) electrons. The molecule has 112 valence electrons. The monoisotopic (exact) mass is 314 g/mol. The Bertz CT molecular complexity index is 715. The number of benzene rings is 1. The highest BCUT2D eigenvalue weighted by Gasteiger charge is 2.51. The van der Waals surface area contributed by atoms with E-state index < -0.39 is 5.79 Å². The largest absolute Gasteiger partial charge is 0.338 e. The molecule has 0 unspecified atom stereocenters. The van der Waals surface area contributed by atoms with Gasteiger partial charge in [0, 0.05) is 27.7 Å². The van der Waals surface area contributed by atoms with Crippen LogP contribution in [-0.2, 0) is 20.1 Å². The molecule has 1 N–H and O–H groups in total. The number of nitrogens with one attached hydrogen (secondary N) is 1. The normalized spacial score (nSPS) is 19.0. The van der Waals surface area contributed by atoms with Crippen LogP contribution in [0.15, 0.2) is 52.5 Å². The molecular formula is C16H14N2O3S. The average Bonchev–Trinajstić information content (AvgIpc) is 2.82. The summed E-state index contributed by atoms with van der Waals surface area (Å²) in [6.07, 6.45) is 4.35. The number of nitrogens with zero attached hydrogens (tertiary/aromatic N) is 1. The number of hydrogen-bond acceptors (Lipinski definition) is 5. The van der Waals surface area contributed by atoms with Gasteiger partial charge < -0.3 is 14.8 Å². The molecule has 3 heterocycles. The van der Waals surface area contributed by atoms with Gasteiger partial charge in [0.1, 0.15) is 0 Å². The number of pyridine rings is 1. The van der Waals surface area contributed by atoms with Gasteiger partial charge >= 0.3 is 0 Å². The maximum absolute atomic E-state index is 12.3. The molecule has 0 atom stereocenters. The molecule has 1 aromatic carbocycles. The zero-order chi connectivity index (χ0) is 15.0. The fourth-order valence-corrected chi connectivity index (χ4v) is 3.50. The Morgan fingerprint density at radius 3 is 2.82 bits per heavy atom. The summed E-state index contributed by atoms with van der Waals surface area (Å²) in [5, 5.41) is 2.84. The van der Waals surface area contributed by atoms with E-state index in [9.17, 15) is 4.79 Å². The second-order valence-corrected chi connectivity index (χ2v) is 6.27. The van der Waals surface area contributed by atoms with Crippen LogP contribution in [0, 0.1) is 0 Å². The minimum atomic E-state index is -1.28. The summed E-state index contributed by atoms with van der Waals surface area (Å²) in [5.41, 5.74) is 1.51. The van der Waals surface area contributed by atoms with Crippen molar-refractivity contribution < 1.29 is 14.3 Å². The van der Waals surface area contributed by atoms with E-state index in [4.69, 9.17) is 9.47 Å². The lowest BCUT2D eigenvalue weighted by Crippen LogP contribution is -2.43. The molecule has 4 rings (SSSR count). The van der Waals surface area contributed by atoms with E-state index in [0.717, 1.165) is 27.5 Å². The molecule has 1 saturated heterocycles. The van der Waals surface area contributed by atoms with E-state index in [1.807, 2.05) is 36.5 Å². The van der Waals surface area contributed by atoms with Crippen LogP contribution < -0.4 is 5.32 Å². The van der Waals surface area contributed by atoms with Crippen LogP contribution in [-0.4, -0.2) is 24.1 Å². The Labute approximate surface area is 132 Å². The molecule has 0 aliphatic carbocycles. The van der Waals surface area contributed by atoms with Gasteiger partial charge in [0.05, 0.1) is 18.9 Å². The summed E-state index contributed by atoms with van der Waals surface area (Å²) < 4.78 is 11.4. The van der Waals surface area contributed by atoms with E-state index in [0.29, 0.717) is 13.2 Å². The van der Waals surface area contributed by atoms with Crippen LogP contribution >= 0.6 is 11.8 Å². The molecule has 1 amide bonds. The molecule has 1 spiro atoms. The molecule has 2 aromatic rings. The molecule has 0 saturated carbocycles. The van der Waals surface area contributed by atoms with Crippen molar-refractivity contribution in [2.24, 2.45) is 0 Å². The summed E-state index contributed by atoms with van der Waals surface area (Å²) in [5.74, 6) is -1.52. The zero-order valence-electron chi connectivity index (χ0n) is 11.7.